The first-order valence-corrected chi connectivity index (χ1v) is 5.06. The fourth-order valence-electron chi connectivity index (χ4n) is 1.30. The van der Waals surface area contributed by atoms with Crippen molar-refractivity contribution < 1.29 is 4.39 Å². The molecule has 3 nitrogen and oxygen atoms in total. The molecule has 0 amide bonds. The summed E-state index contributed by atoms with van der Waals surface area (Å²) in [5.41, 5.74) is 1.08. The van der Waals surface area contributed by atoms with Crippen molar-refractivity contribution in [1.82, 2.24) is 9.97 Å². The number of aryl methyl sites for hydroxylation is 1. The molecule has 0 atom stereocenters. The van der Waals surface area contributed by atoms with E-state index in [-0.39, 0.29) is 11.1 Å². The highest BCUT2D eigenvalue weighted by Crippen LogP contribution is 2.19. The van der Waals surface area contributed by atoms with Gasteiger partial charge in [0, 0.05) is 11.8 Å². The molecular weight excluding hydrogens is 229 g/mol. The first kappa shape index (κ1) is 10.8. The van der Waals surface area contributed by atoms with Gasteiger partial charge in [-0.1, -0.05) is 12.1 Å². The van der Waals surface area contributed by atoms with Crippen molar-refractivity contribution in [3.63, 3.8) is 0 Å². The van der Waals surface area contributed by atoms with Gasteiger partial charge in [-0.05, 0) is 30.7 Å². The molecule has 0 radical (unpaired) electrons. The van der Waals surface area contributed by atoms with Crippen LogP contribution in [0.1, 0.15) is 5.69 Å². The summed E-state index contributed by atoms with van der Waals surface area (Å²) in [4.78, 5) is 7.87. The molecule has 0 saturated carbocycles. The van der Waals surface area contributed by atoms with Crippen LogP contribution < -0.4 is 5.32 Å². The maximum atomic E-state index is 13.3. The summed E-state index contributed by atoms with van der Waals surface area (Å²) in [6.07, 6.45) is 0. The highest BCUT2D eigenvalue weighted by atomic mass is 35.5. The Hall–Kier alpha value is -1.68. The van der Waals surface area contributed by atoms with E-state index in [0.717, 1.165) is 5.69 Å². The number of hydrogen-bond donors (Lipinski definition) is 1. The average molecular weight is 238 g/mol. The van der Waals surface area contributed by atoms with Gasteiger partial charge in [0.1, 0.15) is 11.6 Å². The van der Waals surface area contributed by atoms with Crippen molar-refractivity contribution in [2.45, 2.75) is 6.92 Å². The molecule has 0 spiro atoms. The van der Waals surface area contributed by atoms with Crippen LogP contribution in [0.5, 0.6) is 0 Å². The van der Waals surface area contributed by atoms with Gasteiger partial charge in [-0.3, -0.25) is 0 Å². The molecule has 1 aromatic carbocycles. The normalized spacial score (nSPS) is 10.2. The highest BCUT2D eigenvalue weighted by Gasteiger charge is 2.03. The molecule has 2 rings (SSSR count). The number of aromatic nitrogens is 2. The van der Waals surface area contributed by atoms with Gasteiger partial charge in [0.2, 0.25) is 5.28 Å². The summed E-state index contributed by atoms with van der Waals surface area (Å²) < 4.78 is 13.3. The zero-order valence-corrected chi connectivity index (χ0v) is 9.29. The number of halogens is 2. The third-order valence-electron chi connectivity index (χ3n) is 1.96. The Kier molecular flexibility index (Phi) is 3.01. The predicted octanol–water partition coefficient (Wildman–Crippen LogP) is 3.32. The third-order valence-corrected chi connectivity index (χ3v) is 2.13. The van der Waals surface area contributed by atoms with Crippen molar-refractivity contribution in [1.29, 1.82) is 0 Å². The molecule has 0 fully saturated rings. The standard InChI is InChI=1S/C11H9ClFN3/c1-7-6-10(16-11(12)14-7)15-9-5-3-2-4-8(9)13/h2-6H,1H3,(H,14,15,16). The van der Waals surface area contributed by atoms with Gasteiger partial charge in [0.05, 0.1) is 5.69 Å². The summed E-state index contributed by atoms with van der Waals surface area (Å²) >= 11 is 5.70. The predicted molar refractivity (Wildman–Crippen MR) is 61.5 cm³/mol. The first-order chi connectivity index (χ1) is 7.65. The molecule has 0 aliphatic rings. The van der Waals surface area contributed by atoms with Crippen LogP contribution in [0.15, 0.2) is 30.3 Å². The van der Waals surface area contributed by atoms with E-state index in [1.807, 2.05) is 0 Å². The highest BCUT2D eigenvalue weighted by molar-refractivity contribution is 6.28. The van der Waals surface area contributed by atoms with Gasteiger partial charge in [-0.15, -0.1) is 0 Å². The van der Waals surface area contributed by atoms with E-state index in [1.54, 1.807) is 31.2 Å². The van der Waals surface area contributed by atoms with E-state index in [2.05, 4.69) is 15.3 Å². The van der Waals surface area contributed by atoms with Gasteiger partial charge < -0.3 is 5.32 Å². The SMILES string of the molecule is Cc1cc(Nc2ccccc2F)nc(Cl)n1. The lowest BCUT2D eigenvalue weighted by atomic mass is 10.3. The quantitative estimate of drug-likeness (QED) is 0.815. The van der Waals surface area contributed by atoms with E-state index in [9.17, 15) is 4.39 Å². The molecule has 1 heterocycles. The molecule has 5 heteroatoms. The molecule has 0 aliphatic heterocycles. The van der Waals surface area contributed by atoms with Gasteiger partial charge in [-0.25, -0.2) is 14.4 Å². The topological polar surface area (TPSA) is 37.8 Å². The smallest absolute Gasteiger partial charge is 0.224 e. The monoisotopic (exact) mass is 237 g/mol. The fraction of sp³-hybridized carbons (Fsp3) is 0.0909. The molecule has 0 unspecified atom stereocenters. The Labute approximate surface area is 97.3 Å². The van der Waals surface area contributed by atoms with E-state index in [1.165, 1.54) is 6.07 Å². The van der Waals surface area contributed by atoms with Crippen LogP contribution in [-0.4, -0.2) is 9.97 Å². The number of nitrogens with zero attached hydrogens (tertiary/aromatic N) is 2. The Bertz CT molecular complexity index is 496. The summed E-state index contributed by atoms with van der Waals surface area (Å²) in [6.45, 7) is 1.79. The van der Waals surface area contributed by atoms with Crippen molar-refractivity contribution in [2.75, 3.05) is 5.32 Å². The lowest BCUT2D eigenvalue weighted by molar-refractivity contribution is 0.632. The van der Waals surface area contributed by atoms with Crippen LogP contribution in [-0.2, 0) is 0 Å². The average Bonchev–Trinajstić information content (AvgIpc) is 2.20. The third kappa shape index (κ3) is 2.46. The number of nitrogens with one attached hydrogen (secondary N) is 1. The Morgan fingerprint density at radius 2 is 2.00 bits per heavy atom. The zero-order chi connectivity index (χ0) is 11.5. The summed E-state index contributed by atoms with van der Waals surface area (Å²) in [7, 11) is 0. The molecule has 0 aliphatic carbocycles. The first-order valence-electron chi connectivity index (χ1n) is 4.68. The number of anilines is 2. The number of hydrogen-bond acceptors (Lipinski definition) is 3. The lowest BCUT2D eigenvalue weighted by Gasteiger charge is -2.07. The van der Waals surface area contributed by atoms with Gasteiger partial charge >= 0.3 is 0 Å². The van der Waals surface area contributed by atoms with Crippen LogP contribution in [0.3, 0.4) is 0 Å². The largest absolute Gasteiger partial charge is 0.338 e. The zero-order valence-electron chi connectivity index (χ0n) is 8.54. The van der Waals surface area contributed by atoms with Crippen LogP contribution >= 0.6 is 11.6 Å². The van der Waals surface area contributed by atoms with Crippen LogP contribution in [0.4, 0.5) is 15.9 Å². The van der Waals surface area contributed by atoms with Crippen molar-refractivity contribution in [3.8, 4) is 0 Å². The number of para-hydroxylation sites is 1. The summed E-state index contributed by atoms with van der Waals surface area (Å²) in [6, 6.07) is 8.05. The Morgan fingerprint density at radius 1 is 1.25 bits per heavy atom. The lowest BCUT2D eigenvalue weighted by Crippen LogP contribution is -1.98. The maximum Gasteiger partial charge on any atom is 0.224 e. The minimum atomic E-state index is -0.338. The van der Waals surface area contributed by atoms with Crippen LogP contribution in [0.25, 0.3) is 0 Å². The molecule has 0 saturated heterocycles. The molecular formula is C11H9ClFN3. The minimum absolute atomic E-state index is 0.138. The molecule has 0 bridgehead atoms. The second-order valence-electron chi connectivity index (χ2n) is 3.27. The van der Waals surface area contributed by atoms with Gasteiger partial charge in [0.15, 0.2) is 0 Å². The summed E-state index contributed by atoms with van der Waals surface area (Å²) in [5.74, 6) is 0.137. The molecule has 82 valence electrons. The van der Waals surface area contributed by atoms with Gasteiger partial charge in [0.25, 0.3) is 0 Å². The second kappa shape index (κ2) is 4.45. The van der Waals surface area contributed by atoms with Crippen molar-refractivity contribution >= 4 is 23.1 Å². The second-order valence-corrected chi connectivity index (χ2v) is 3.61. The number of rotatable bonds is 2. The minimum Gasteiger partial charge on any atom is -0.338 e. The Morgan fingerprint density at radius 3 is 2.69 bits per heavy atom. The van der Waals surface area contributed by atoms with Crippen LogP contribution in [0.2, 0.25) is 5.28 Å². The van der Waals surface area contributed by atoms with Gasteiger partial charge in [-0.2, -0.15) is 0 Å². The van der Waals surface area contributed by atoms with E-state index < -0.39 is 0 Å². The summed E-state index contributed by atoms with van der Waals surface area (Å²) in [5, 5.41) is 2.98. The van der Waals surface area contributed by atoms with Crippen LogP contribution in [0, 0.1) is 12.7 Å². The molecule has 16 heavy (non-hydrogen) atoms. The molecule has 1 aromatic heterocycles. The van der Waals surface area contributed by atoms with Crippen molar-refractivity contribution in [2.24, 2.45) is 0 Å². The molecule has 1 N–H and O–H groups in total. The molecule has 2 aromatic rings. The van der Waals surface area contributed by atoms with Crippen molar-refractivity contribution in [3.05, 3.63) is 47.1 Å². The maximum absolute atomic E-state index is 13.3. The van der Waals surface area contributed by atoms with E-state index in [4.69, 9.17) is 11.6 Å². The van der Waals surface area contributed by atoms with E-state index >= 15 is 0 Å². The Balaban J connectivity index is 2.30. The number of benzene rings is 1. The fourth-order valence-corrected chi connectivity index (χ4v) is 1.52. The van der Waals surface area contributed by atoms with E-state index in [0.29, 0.717) is 11.5 Å².